The van der Waals surface area contributed by atoms with Crippen LogP contribution in [-0.2, 0) is 9.31 Å². The molecule has 0 unspecified atom stereocenters. The molecule has 0 atom stereocenters. The van der Waals surface area contributed by atoms with Crippen molar-refractivity contribution in [3.8, 4) is 39.1 Å². The summed E-state index contributed by atoms with van der Waals surface area (Å²) in [4.78, 5) is 0. The summed E-state index contributed by atoms with van der Waals surface area (Å²) in [6, 6.07) is 30.4. The van der Waals surface area contributed by atoms with Crippen LogP contribution in [0.5, 0.6) is 5.75 Å². The van der Waals surface area contributed by atoms with Crippen LogP contribution in [0.25, 0.3) is 33.4 Å². The standard InChI is InChI=1S/C35H41BO3/c1-6-8-24-37-36(38-25-9-7-2)39-33-23-22-32(29-16-10-26(3)11-17-29)34(30-18-12-27(4)13-19-30)35(33)31-20-14-28(5)15-21-31/h10-23H,6-9,24-25H2,1-5H3. The molecule has 4 rings (SSSR count). The summed E-state index contributed by atoms with van der Waals surface area (Å²) in [5, 5.41) is 0. The number of hydrogen-bond acceptors (Lipinski definition) is 3. The molecule has 4 heteroatoms. The predicted octanol–water partition coefficient (Wildman–Crippen LogP) is 9.61. The minimum absolute atomic E-state index is 0.597. The Labute approximate surface area is 235 Å². The molecule has 4 aromatic rings. The van der Waals surface area contributed by atoms with Crippen molar-refractivity contribution in [1.29, 1.82) is 0 Å². The molecule has 3 nitrogen and oxygen atoms in total. The van der Waals surface area contributed by atoms with Crippen molar-refractivity contribution in [2.24, 2.45) is 0 Å². The van der Waals surface area contributed by atoms with Gasteiger partial charge in [-0.05, 0) is 61.9 Å². The van der Waals surface area contributed by atoms with E-state index in [0.717, 1.165) is 59.3 Å². The third-order valence-electron chi connectivity index (χ3n) is 6.94. The van der Waals surface area contributed by atoms with Crippen LogP contribution >= 0.6 is 0 Å². The van der Waals surface area contributed by atoms with Gasteiger partial charge in [0.15, 0.2) is 0 Å². The summed E-state index contributed by atoms with van der Waals surface area (Å²) in [7, 11) is -0.761. The van der Waals surface area contributed by atoms with Crippen molar-refractivity contribution >= 4 is 7.32 Å². The lowest BCUT2D eigenvalue weighted by Gasteiger charge is -2.23. The maximum atomic E-state index is 6.57. The van der Waals surface area contributed by atoms with Gasteiger partial charge in [-0.2, -0.15) is 0 Å². The molecule has 0 N–H and O–H groups in total. The van der Waals surface area contributed by atoms with E-state index in [4.69, 9.17) is 14.0 Å². The number of aryl methyl sites for hydroxylation is 3. The first kappa shape index (κ1) is 28.7. The molecule has 4 aromatic carbocycles. The molecular formula is C35H41BO3. The summed E-state index contributed by atoms with van der Waals surface area (Å²) >= 11 is 0. The molecule has 0 aliphatic heterocycles. The maximum absolute atomic E-state index is 6.57. The molecule has 0 heterocycles. The predicted molar refractivity (Wildman–Crippen MR) is 165 cm³/mol. The van der Waals surface area contributed by atoms with Crippen molar-refractivity contribution in [3.05, 3.63) is 102 Å². The second-order valence-electron chi connectivity index (χ2n) is 10.3. The molecule has 39 heavy (non-hydrogen) atoms. The highest BCUT2D eigenvalue weighted by molar-refractivity contribution is 6.37. The molecule has 0 spiro atoms. The maximum Gasteiger partial charge on any atom is 0.713 e. The third-order valence-corrected chi connectivity index (χ3v) is 6.94. The van der Waals surface area contributed by atoms with E-state index in [0.29, 0.717) is 13.2 Å². The molecular weight excluding hydrogens is 479 g/mol. The first-order valence-electron chi connectivity index (χ1n) is 14.3. The van der Waals surface area contributed by atoms with Crippen LogP contribution in [-0.4, -0.2) is 20.5 Å². The monoisotopic (exact) mass is 520 g/mol. The highest BCUT2D eigenvalue weighted by atomic mass is 16.7. The fraction of sp³-hybridized carbons (Fsp3) is 0.314. The van der Waals surface area contributed by atoms with Gasteiger partial charge in [0.2, 0.25) is 0 Å². The van der Waals surface area contributed by atoms with Crippen LogP contribution in [0.1, 0.15) is 56.2 Å². The molecule has 0 fully saturated rings. The Hall–Kier alpha value is -3.34. The lowest BCUT2D eigenvalue weighted by molar-refractivity contribution is 0.137. The Morgan fingerprint density at radius 2 is 0.949 bits per heavy atom. The zero-order valence-corrected chi connectivity index (χ0v) is 24.1. The van der Waals surface area contributed by atoms with Gasteiger partial charge in [0, 0.05) is 24.3 Å². The van der Waals surface area contributed by atoms with E-state index in [1.54, 1.807) is 0 Å². The summed E-state index contributed by atoms with van der Waals surface area (Å²) < 4.78 is 18.8. The van der Waals surface area contributed by atoms with E-state index >= 15 is 0 Å². The first-order valence-corrected chi connectivity index (χ1v) is 14.3. The fourth-order valence-corrected chi connectivity index (χ4v) is 4.55. The van der Waals surface area contributed by atoms with Crippen molar-refractivity contribution in [2.45, 2.75) is 60.3 Å². The van der Waals surface area contributed by atoms with Crippen LogP contribution in [0, 0.1) is 20.8 Å². The van der Waals surface area contributed by atoms with Crippen LogP contribution in [0.4, 0.5) is 0 Å². The lowest BCUT2D eigenvalue weighted by atomic mass is 9.86. The average Bonchev–Trinajstić information content (AvgIpc) is 2.94. The fourth-order valence-electron chi connectivity index (χ4n) is 4.55. The van der Waals surface area contributed by atoms with Gasteiger partial charge in [-0.15, -0.1) is 0 Å². The van der Waals surface area contributed by atoms with Crippen LogP contribution in [0.15, 0.2) is 84.9 Å². The van der Waals surface area contributed by atoms with Crippen molar-refractivity contribution in [2.75, 3.05) is 13.2 Å². The van der Waals surface area contributed by atoms with Gasteiger partial charge >= 0.3 is 7.32 Å². The molecule has 0 radical (unpaired) electrons. The minimum Gasteiger partial charge on any atom is -0.511 e. The number of unbranched alkanes of at least 4 members (excludes halogenated alkanes) is 2. The number of benzene rings is 4. The van der Waals surface area contributed by atoms with Gasteiger partial charge < -0.3 is 14.0 Å². The molecule has 0 saturated heterocycles. The van der Waals surface area contributed by atoms with Gasteiger partial charge in [0.25, 0.3) is 0 Å². The quantitative estimate of drug-likeness (QED) is 0.130. The second-order valence-corrected chi connectivity index (χ2v) is 10.3. The summed E-state index contributed by atoms with van der Waals surface area (Å²) in [5.41, 5.74) is 10.5. The third kappa shape index (κ3) is 7.62. The van der Waals surface area contributed by atoms with Gasteiger partial charge in [-0.25, -0.2) is 0 Å². The van der Waals surface area contributed by atoms with Crippen molar-refractivity contribution < 1.29 is 14.0 Å². The summed E-state index contributed by atoms with van der Waals surface area (Å²) in [5.74, 6) is 0.753. The molecule has 0 bridgehead atoms. The van der Waals surface area contributed by atoms with Crippen LogP contribution in [0.3, 0.4) is 0 Å². The molecule has 202 valence electrons. The van der Waals surface area contributed by atoms with E-state index in [-0.39, 0.29) is 0 Å². The minimum atomic E-state index is -0.761. The van der Waals surface area contributed by atoms with Crippen LogP contribution < -0.4 is 4.65 Å². The van der Waals surface area contributed by atoms with Gasteiger partial charge in [0.1, 0.15) is 5.75 Å². The Balaban J connectivity index is 1.90. The highest BCUT2D eigenvalue weighted by Gasteiger charge is 2.27. The second kappa shape index (κ2) is 14.2. The average molecular weight is 521 g/mol. The molecule has 0 amide bonds. The van der Waals surface area contributed by atoms with Gasteiger partial charge in [-0.3, -0.25) is 0 Å². The van der Waals surface area contributed by atoms with E-state index in [2.05, 4.69) is 120 Å². The molecule has 0 aliphatic rings. The zero-order valence-electron chi connectivity index (χ0n) is 24.1. The smallest absolute Gasteiger partial charge is 0.511 e. The van der Waals surface area contributed by atoms with E-state index in [9.17, 15) is 0 Å². The van der Waals surface area contributed by atoms with Crippen molar-refractivity contribution in [1.82, 2.24) is 0 Å². The Bertz CT molecular complexity index is 1300. The normalized spacial score (nSPS) is 11.0. The summed E-state index contributed by atoms with van der Waals surface area (Å²) in [6.45, 7) is 11.9. The summed E-state index contributed by atoms with van der Waals surface area (Å²) in [6.07, 6.45) is 4.03. The SMILES string of the molecule is CCCCOB(OCCCC)Oc1ccc(-c2ccc(C)cc2)c(-c2ccc(C)cc2)c1-c1ccc(C)cc1. The topological polar surface area (TPSA) is 27.7 Å². The highest BCUT2D eigenvalue weighted by Crippen LogP contribution is 2.45. The Morgan fingerprint density at radius 1 is 0.513 bits per heavy atom. The Kier molecular flexibility index (Phi) is 10.4. The van der Waals surface area contributed by atoms with E-state index in [1.807, 2.05) is 0 Å². The lowest BCUT2D eigenvalue weighted by Crippen LogP contribution is -2.31. The van der Waals surface area contributed by atoms with Gasteiger partial charge in [0.05, 0.1) is 0 Å². The van der Waals surface area contributed by atoms with E-state index in [1.165, 1.54) is 22.3 Å². The first-order chi connectivity index (χ1) is 19.0. The van der Waals surface area contributed by atoms with Gasteiger partial charge in [-0.1, -0.05) is 122 Å². The number of rotatable bonds is 13. The molecule has 0 aliphatic carbocycles. The van der Waals surface area contributed by atoms with E-state index < -0.39 is 7.32 Å². The molecule has 0 saturated carbocycles. The van der Waals surface area contributed by atoms with Crippen molar-refractivity contribution in [3.63, 3.8) is 0 Å². The largest absolute Gasteiger partial charge is 0.713 e. The Morgan fingerprint density at radius 3 is 1.41 bits per heavy atom. The number of hydrogen-bond donors (Lipinski definition) is 0. The molecule has 0 aromatic heterocycles. The zero-order chi connectivity index (χ0) is 27.6. The van der Waals surface area contributed by atoms with Crippen LogP contribution in [0.2, 0.25) is 0 Å².